The molecule has 2 fully saturated rings. The van der Waals surface area contributed by atoms with Gasteiger partial charge in [-0.2, -0.15) is 0 Å². The van der Waals surface area contributed by atoms with Gasteiger partial charge in [-0.15, -0.1) is 0 Å². The number of carbonyl (C=O) groups is 2. The highest BCUT2D eigenvalue weighted by Crippen LogP contribution is 2.30. The molecule has 2 heterocycles. The van der Waals surface area contributed by atoms with E-state index in [4.69, 9.17) is 0 Å². The third-order valence-corrected chi connectivity index (χ3v) is 3.18. The minimum atomic E-state index is 0.167. The van der Waals surface area contributed by atoms with Crippen molar-refractivity contribution in [3.05, 3.63) is 0 Å². The maximum atomic E-state index is 11.2. The van der Waals surface area contributed by atoms with Crippen LogP contribution in [0.2, 0.25) is 0 Å². The van der Waals surface area contributed by atoms with Crippen LogP contribution in [0.1, 0.15) is 20.3 Å². The Bertz CT molecular complexity index is 277. The number of rotatable bonds is 2. The lowest BCUT2D eigenvalue weighted by Gasteiger charge is -2.32. The zero-order valence-corrected chi connectivity index (χ0v) is 8.69. The van der Waals surface area contributed by atoms with Crippen LogP contribution in [0.15, 0.2) is 0 Å². The Labute approximate surface area is 83.9 Å². The minimum Gasteiger partial charge on any atom is -0.337 e. The van der Waals surface area contributed by atoms with Crippen LogP contribution in [0.5, 0.6) is 0 Å². The van der Waals surface area contributed by atoms with Crippen molar-refractivity contribution >= 4 is 11.7 Å². The highest BCUT2D eigenvalue weighted by atomic mass is 16.2. The number of carbonyl (C=O) groups excluding carboxylic acids is 2. The molecular weight excluding hydrogens is 180 g/mol. The zero-order chi connectivity index (χ0) is 10.3. The first kappa shape index (κ1) is 9.65. The summed E-state index contributed by atoms with van der Waals surface area (Å²) in [5, 5.41) is 0. The molecule has 2 aliphatic heterocycles. The summed E-state index contributed by atoms with van der Waals surface area (Å²) in [7, 11) is 0. The normalized spacial score (nSPS) is 31.1. The predicted molar refractivity (Wildman–Crippen MR) is 51.8 cm³/mol. The van der Waals surface area contributed by atoms with E-state index in [1.807, 2.05) is 4.90 Å². The molecule has 1 amide bonds. The molecule has 2 unspecified atom stereocenters. The van der Waals surface area contributed by atoms with E-state index in [0.717, 1.165) is 19.5 Å². The van der Waals surface area contributed by atoms with Crippen molar-refractivity contribution in [2.24, 2.45) is 0 Å². The third kappa shape index (κ3) is 1.54. The molecule has 2 bridgehead atoms. The Kier molecular flexibility index (Phi) is 2.31. The molecule has 14 heavy (non-hydrogen) atoms. The van der Waals surface area contributed by atoms with Crippen LogP contribution in [0.3, 0.4) is 0 Å². The van der Waals surface area contributed by atoms with Crippen LogP contribution in [-0.2, 0) is 9.59 Å². The van der Waals surface area contributed by atoms with Gasteiger partial charge in [0.1, 0.15) is 5.78 Å². The molecule has 0 radical (unpaired) electrons. The number of Topliss-reactive ketones (excluding diaryl/α,β-unsaturated/α-hetero) is 1. The fraction of sp³-hybridized carbons (Fsp3) is 0.800. The molecule has 2 atom stereocenters. The van der Waals surface area contributed by atoms with E-state index < -0.39 is 0 Å². The second kappa shape index (κ2) is 3.35. The number of hydrogen-bond donors (Lipinski definition) is 0. The average Bonchev–Trinajstić information content (AvgIpc) is 2.60. The van der Waals surface area contributed by atoms with Crippen LogP contribution < -0.4 is 0 Å². The number of nitrogens with zero attached hydrogens (tertiary/aromatic N) is 2. The van der Waals surface area contributed by atoms with Gasteiger partial charge in [-0.25, -0.2) is 0 Å². The van der Waals surface area contributed by atoms with E-state index >= 15 is 0 Å². The Balaban J connectivity index is 1.96. The molecule has 2 rings (SSSR count). The largest absolute Gasteiger partial charge is 0.337 e. The summed E-state index contributed by atoms with van der Waals surface area (Å²) in [6.07, 6.45) is 1.05. The lowest BCUT2D eigenvalue weighted by molar-refractivity contribution is -0.131. The summed E-state index contributed by atoms with van der Waals surface area (Å²) in [6.45, 7) is 5.48. The van der Waals surface area contributed by atoms with Crippen molar-refractivity contribution < 1.29 is 9.59 Å². The lowest BCUT2D eigenvalue weighted by atomic mass is 10.2. The second-order valence-electron chi connectivity index (χ2n) is 4.35. The molecule has 2 aliphatic rings. The van der Waals surface area contributed by atoms with Gasteiger partial charge in [0.2, 0.25) is 5.91 Å². The number of amides is 1. The molecule has 0 aromatic carbocycles. The molecule has 0 saturated carbocycles. The summed E-state index contributed by atoms with van der Waals surface area (Å²) < 4.78 is 0. The van der Waals surface area contributed by atoms with Crippen LogP contribution in [0.25, 0.3) is 0 Å². The fourth-order valence-corrected chi connectivity index (χ4v) is 2.61. The van der Waals surface area contributed by atoms with Gasteiger partial charge in [0.05, 0.1) is 6.54 Å². The summed E-state index contributed by atoms with van der Waals surface area (Å²) in [6, 6.07) is 0.782. The Morgan fingerprint density at radius 2 is 1.93 bits per heavy atom. The predicted octanol–water partition coefficient (Wildman–Crippen LogP) is -0.120. The van der Waals surface area contributed by atoms with Gasteiger partial charge in [-0.1, -0.05) is 0 Å². The molecule has 4 heteroatoms. The standard InChI is InChI=1S/C10H16N2O2/c1-7(13)4-11-5-10-3-9(11)6-12(10)8(2)14/h9-10H,3-6H2,1-2H3. The van der Waals surface area contributed by atoms with E-state index in [2.05, 4.69) is 4.90 Å². The van der Waals surface area contributed by atoms with E-state index in [-0.39, 0.29) is 11.7 Å². The Morgan fingerprint density at radius 1 is 1.21 bits per heavy atom. The van der Waals surface area contributed by atoms with Gasteiger partial charge < -0.3 is 4.90 Å². The highest BCUT2D eigenvalue weighted by Gasteiger charge is 2.44. The molecular formula is C10H16N2O2. The summed E-state index contributed by atoms with van der Waals surface area (Å²) >= 11 is 0. The monoisotopic (exact) mass is 196 g/mol. The smallest absolute Gasteiger partial charge is 0.219 e. The fourth-order valence-electron chi connectivity index (χ4n) is 2.61. The van der Waals surface area contributed by atoms with Crippen molar-refractivity contribution in [1.29, 1.82) is 0 Å². The number of hydrogen-bond acceptors (Lipinski definition) is 3. The Morgan fingerprint density at radius 3 is 2.36 bits per heavy atom. The molecule has 0 spiro atoms. The molecule has 0 aromatic rings. The summed E-state index contributed by atoms with van der Waals surface area (Å²) in [5.74, 6) is 0.381. The van der Waals surface area contributed by atoms with Gasteiger partial charge >= 0.3 is 0 Å². The average molecular weight is 196 g/mol. The van der Waals surface area contributed by atoms with Gasteiger partial charge in [0.15, 0.2) is 0 Å². The third-order valence-electron chi connectivity index (χ3n) is 3.18. The molecule has 0 aliphatic carbocycles. The zero-order valence-electron chi connectivity index (χ0n) is 8.69. The molecule has 78 valence electrons. The van der Waals surface area contributed by atoms with Crippen molar-refractivity contribution in [2.45, 2.75) is 32.4 Å². The maximum absolute atomic E-state index is 11.2. The Hall–Kier alpha value is -0.900. The number of fused-ring (bicyclic) bond motifs is 2. The van der Waals surface area contributed by atoms with Crippen LogP contribution in [0, 0.1) is 0 Å². The highest BCUT2D eigenvalue weighted by molar-refractivity contribution is 5.78. The van der Waals surface area contributed by atoms with Crippen molar-refractivity contribution in [3.8, 4) is 0 Å². The van der Waals surface area contributed by atoms with E-state index in [0.29, 0.717) is 18.6 Å². The van der Waals surface area contributed by atoms with Crippen molar-refractivity contribution in [2.75, 3.05) is 19.6 Å². The van der Waals surface area contributed by atoms with Crippen LogP contribution in [0.4, 0.5) is 0 Å². The van der Waals surface area contributed by atoms with Crippen LogP contribution >= 0.6 is 0 Å². The second-order valence-corrected chi connectivity index (χ2v) is 4.35. The van der Waals surface area contributed by atoms with Gasteiger partial charge in [0.25, 0.3) is 0 Å². The quantitative estimate of drug-likeness (QED) is 0.618. The van der Waals surface area contributed by atoms with E-state index in [9.17, 15) is 9.59 Å². The van der Waals surface area contributed by atoms with Crippen molar-refractivity contribution in [3.63, 3.8) is 0 Å². The minimum absolute atomic E-state index is 0.167. The van der Waals surface area contributed by atoms with Gasteiger partial charge in [-0.05, 0) is 13.3 Å². The molecule has 4 nitrogen and oxygen atoms in total. The van der Waals surface area contributed by atoms with E-state index in [1.165, 1.54) is 0 Å². The van der Waals surface area contributed by atoms with Gasteiger partial charge in [0, 0.05) is 32.1 Å². The van der Waals surface area contributed by atoms with Gasteiger partial charge in [-0.3, -0.25) is 14.5 Å². The molecule has 0 N–H and O–H groups in total. The number of ketones is 1. The first-order valence-corrected chi connectivity index (χ1v) is 5.08. The SMILES string of the molecule is CC(=O)CN1CC2CC1CN2C(C)=O. The van der Waals surface area contributed by atoms with E-state index in [1.54, 1.807) is 13.8 Å². The topological polar surface area (TPSA) is 40.6 Å². The lowest BCUT2D eigenvalue weighted by Crippen LogP contribution is -2.49. The summed E-state index contributed by atoms with van der Waals surface area (Å²) in [5.41, 5.74) is 0. The van der Waals surface area contributed by atoms with Crippen LogP contribution in [-0.4, -0.2) is 53.2 Å². The number of piperazine rings is 1. The first-order chi connectivity index (χ1) is 6.58. The van der Waals surface area contributed by atoms with Crippen molar-refractivity contribution in [1.82, 2.24) is 9.80 Å². The molecule has 0 aromatic heterocycles. The number of likely N-dealkylation sites (tertiary alicyclic amines) is 2. The maximum Gasteiger partial charge on any atom is 0.219 e. The molecule has 2 saturated heterocycles. The first-order valence-electron chi connectivity index (χ1n) is 5.08. The summed E-state index contributed by atoms with van der Waals surface area (Å²) in [4.78, 5) is 26.3.